The maximum Gasteiger partial charge on any atom is 0.319 e. The minimum atomic E-state index is -0.0460. The lowest BCUT2D eigenvalue weighted by Crippen LogP contribution is -2.58. The summed E-state index contributed by atoms with van der Waals surface area (Å²) in [5.74, 6) is 0. The van der Waals surface area contributed by atoms with Crippen LogP contribution in [-0.4, -0.2) is 35.1 Å². The van der Waals surface area contributed by atoms with Gasteiger partial charge in [0.15, 0.2) is 0 Å². The summed E-state index contributed by atoms with van der Waals surface area (Å²) in [6.45, 7) is 4.09. The van der Waals surface area contributed by atoms with Gasteiger partial charge in [0.2, 0.25) is 0 Å². The molecule has 0 radical (unpaired) electrons. The number of benzene rings is 1. The van der Waals surface area contributed by atoms with Crippen LogP contribution in [0.4, 0.5) is 10.5 Å². The molecule has 2 aliphatic heterocycles. The summed E-state index contributed by atoms with van der Waals surface area (Å²) in [6, 6.07) is 8.62. The van der Waals surface area contributed by atoms with E-state index in [1.54, 1.807) is 0 Å². The van der Waals surface area contributed by atoms with E-state index in [4.69, 9.17) is 0 Å². The Morgan fingerprint density at radius 2 is 1.62 bits per heavy atom. The van der Waals surface area contributed by atoms with Gasteiger partial charge in [-0.15, -0.1) is 0 Å². The predicted octanol–water partition coefficient (Wildman–Crippen LogP) is 3.97. The lowest BCUT2D eigenvalue weighted by Gasteiger charge is -2.49. The molecule has 1 aromatic carbocycles. The van der Waals surface area contributed by atoms with Crippen molar-refractivity contribution in [3.8, 4) is 0 Å². The zero-order valence-electron chi connectivity index (χ0n) is 14.8. The van der Waals surface area contributed by atoms with Gasteiger partial charge in [-0.3, -0.25) is 4.90 Å². The maximum atomic E-state index is 12.5. The van der Waals surface area contributed by atoms with Crippen molar-refractivity contribution in [3.63, 3.8) is 0 Å². The van der Waals surface area contributed by atoms with Crippen molar-refractivity contribution in [2.45, 2.75) is 83.0 Å². The third-order valence-corrected chi connectivity index (χ3v) is 6.05. The summed E-state index contributed by atoms with van der Waals surface area (Å²) >= 11 is 0. The van der Waals surface area contributed by atoms with Gasteiger partial charge in [0.1, 0.15) is 0 Å². The zero-order chi connectivity index (χ0) is 16.7. The highest BCUT2D eigenvalue weighted by molar-refractivity contribution is 5.91. The molecule has 2 heterocycles. The van der Waals surface area contributed by atoms with Crippen molar-refractivity contribution in [2.75, 3.05) is 5.32 Å². The first-order chi connectivity index (χ1) is 11.6. The van der Waals surface area contributed by atoms with Crippen LogP contribution in [0.15, 0.2) is 18.2 Å². The summed E-state index contributed by atoms with van der Waals surface area (Å²) in [5.41, 5.74) is 3.18. The van der Waals surface area contributed by atoms with Crippen molar-refractivity contribution in [1.82, 2.24) is 10.2 Å². The van der Waals surface area contributed by atoms with E-state index in [9.17, 15) is 4.79 Å². The number of carbonyl (C=O) groups excluding carboxylic acids is 1. The molecule has 3 fully saturated rings. The van der Waals surface area contributed by atoms with Gasteiger partial charge in [-0.1, -0.05) is 24.6 Å². The molecule has 2 saturated heterocycles. The molecule has 3 aliphatic rings. The molecule has 130 valence electrons. The van der Waals surface area contributed by atoms with E-state index >= 15 is 0 Å². The largest absolute Gasteiger partial charge is 0.335 e. The van der Waals surface area contributed by atoms with Gasteiger partial charge in [-0.2, -0.15) is 0 Å². The molecule has 0 unspecified atom stereocenters. The van der Waals surface area contributed by atoms with Gasteiger partial charge in [0.25, 0.3) is 0 Å². The highest BCUT2D eigenvalue weighted by Crippen LogP contribution is 2.41. The second-order valence-corrected chi connectivity index (χ2v) is 7.95. The third-order valence-electron chi connectivity index (χ3n) is 6.05. The van der Waals surface area contributed by atoms with Crippen LogP contribution in [0.3, 0.4) is 0 Å². The van der Waals surface area contributed by atoms with Gasteiger partial charge in [-0.25, -0.2) is 4.79 Å². The van der Waals surface area contributed by atoms with Gasteiger partial charge < -0.3 is 10.6 Å². The first-order valence-electron chi connectivity index (χ1n) is 9.53. The molecule has 2 bridgehead atoms. The molecule has 0 spiro atoms. The average Bonchev–Trinajstić information content (AvgIpc) is 3.35. The number of nitrogens with one attached hydrogen (secondary N) is 2. The summed E-state index contributed by atoms with van der Waals surface area (Å²) in [6.07, 6.45) is 8.99. The van der Waals surface area contributed by atoms with E-state index in [-0.39, 0.29) is 6.03 Å². The van der Waals surface area contributed by atoms with E-state index in [0.29, 0.717) is 18.1 Å². The third kappa shape index (κ3) is 3.16. The molecular weight excluding hydrogens is 298 g/mol. The number of para-hydroxylation sites is 1. The Morgan fingerprint density at radius 3 is 2.21 bits per heavy atom. The van der Waals surface area contributed by atoms with Crippen LogP contribution in [0, 0.1) is 13.8 Å². The Labute approximate surface area is 145 Å². The van der Waals surface area contributed by atoms with E-state index in [0.717, 1.165) is 35.7 Å². The van der Waals surface area contributed by atoms with Crippen LogP contribution in [0.5, 0.6) is 0 Å². The molecule has 1 aliphatic carbocycles. The number of hydrogen-bond donors (Lipinski definition) is 2. The molecule has 4 heteroatoms. The van der Waals surface area contributed by atoms with E-state index < -0.39 is 0 Å². The molecule has 2 atom stereocenters. The second kappa shape index (κ2) is 6.40. The van der Waals surface area contributed by atoms with Crippen molar-refractivity contribution < 1.29 is 4.79 Å². The highest BCUT2D eigenvalue weighted by Gasteiger charge is 2.45. The summed E-state index contributed by atoms with van der Waals surface area (Å²) in [5, 5.41) is 6.33. The van der Waals surface area contributed by atoms with Crippen LogP contribution < -0.4 is 10.6 Å². The number of carbonyl (C=O) groups is 1. The Kier molecular flexibility index (Phi) is 4.25. The van der Waals surface area contributed by atoms with Crippen LogP contribution in [0.25, 0.3) is 0 Å². The Bertz CT molecular complexity index is 591. The maximum absolute atomic E-state index is 12.5. The zero-order valence-corrected chi connectivity index (χ0v) is 14.8. The van der Waals surface area contributed by atoms with Crippen LogP contribution >= 0.6 is 0 Å². The predicted molar refractivity (Wildman–Crippen MR) is 97.4 cm³/mol. The van der Waals surface area contributed by atoms with Crippen molar-refractivity contribution in [3.05, 3.63) is 29.3 Å². The van der Waals surface area contributed by atoms with Gasteiger partial charge in [-0.05, 0) is 63.5 Å². The molecule has 4 nitrogen and oxygen atoms in total. The molecule has 1 aromatic rings. The van der Waals surface area contributed by atoms with Crippen molar-refractivity contribution in [1.29, 1.82) is 0 Å². The minimum Gasteiger partial charge on any atom is -0.335 e. The van der Waals surface area contributed by atoms with Gasteiger partial charge in [0.05, 0.1) is 0 Å². The monoisotopic (exact) mass is 327 g/mol. The first kappa shape index (κ1) is 15.9. The highest BCUT2D eigenvalue weighted by atomic mass is 16.2. The summed E-state index contributed by atoms with van der Waals surface area (Å²) in [7, 11) is 0. The number of piperidine rings is 2. The number of fused-ring (bicyclic) bond motifs is 2. The molecule has 0 aromatic heterocycles. The molecule has 2 N–H and O–H groups in total. The minimum absolute atomic E-state index is 0.0460. The molecule has 4 rings (SSSR count). The first-order valence-corrected chi connectivity index (χ1v) is 9.53. The smallest absolute Gasteiger partial charge is 0.319 e. The topological polar surface area (TPSA) is 44.4 Å². The number of hydrogen-bond acceptors (Lipinski definition) is 2. The number of anilines is 1. The number of urea groups is 1. The normalized spacial score (nSPS) is 30.0. The fourth-order valence-electron chi connectivity index (χ4n) is 4.85. The van der Waals surface area contributed by atoms with Crippen LogP contribution in [0.1, 0.15) is 56.1 Å². The molecule has 24 heavy (non-hydrogen) atoms. The molecular formula is C20H29N3O. The fourth-order valence-corrected chi connectivity index (χ4v) is 4.85. The summed E-state index contributed by atoms with van der Waals surface area (Å²) < 4.78 is 0. The average molecular weight is 327 g/mol. The van der Waals surface area contributed by atoms with Gasteiger partial charge >= 0.3 is 6.03 Å². The lowest BCUT2D eigenvalue weighted by atomic mass is 9.81. The Hall–Kier alpha value is -1.55. The molecule has 2 amide bonds. The quantitative estimate of drug-likeness (QED) is 0.882. The number of aryl methyl sites for hydroxylation is 2. The second-order valence-electron chi connectivity index (χ2n) is 7.95. The van der Waals surface area contributed by atoms with E-state index in [1.807, 2.05) is 32.0 Å². The van der Waals surface area contributed by atoms with E-state index in [1.165, 1.54) is 32.1 Å². The Morgan fingerprint density at radius 1 is 1.00 bits per heavy atom. The van der Waals surface area contributed by atoms with Crippen molar-refractivity contribution in [2.24, 2.45) is 0 Å². The molecule has 1 saturated carbocycles. The SMILES string of the molecule is Cc1cccc(C)c1NC(=O)NC1C[C@@H]2CCC[C@@H](C1)N2C1CC1. The fraction of sp³-hybridized carbons (Fsp3) is 0.650. The lowest BCUT2D eigenvalue weighted by molar-refractivity contribution is 0.0198. The number of nitrogens with zero attached hydrogens (tertiary/aromatic N) is 1. The standard InChI is InChI=1S/C20H29N3O/c1-13-5-3-6-14(2)19(13)22-20(24)21-15-11-17-7-4-8-18(12-15)23(17)16-9-10-16/h3,5-6,15-18H,4,7-12H2,1-2H3,(H2,21,22,24)/t17-,18-/m0/s1. The van der Waals surface area contributed by atoms with Crippen LogP contribution in [0.2, 0.25) is 0 Å². The number of amides is 2. The summed E-state index contributed by atoms with van der Waals surface area (Å²) in [4.78, 5) is 15.3. The van der Waals surface area contributed by atoms with Gasteiger partial charge in [0, 0.05) is 29.9 Å². The number of rotatable bonds is 3. The van der Waals surface area contributed by atoms with E-state index in [2.05, 4.69) is 15.5 Å². The Balaban J connectivity index is 1.38. The van der Waals surface area contributed by atoms with Crippen LogP contribution in [-0.2, 0) is 0 Å². The van der Waals surface area contributed by atoms with Crippen molar-refractivity contribution >= 4 is 11.7 Å².